The molecule has 3 N–H and O–H groups in total. The topological polar surface area (TPSA) is 126 Å². The average Bonchev–Trinajstić information content (AvgIpc) is 3.90. The van der Waals surface area contributed by atoms with Crippen LogP contribution in [-0.4, -0.2) is 43.9 Å². The van der Waals surface area contributed by atoms with Gasteiger partial charge in [0.2, 0.25) is 17.8 Å². The molecule has 5 saturated carbocycles. The van der Waals surface area contributed by atoms with Gasteiger partial charge in [-0.25, -0.2) is 27.2 Å². The van der Waals surface area contributed by atoms with Gasteiger partial charge in [-0.2, -0.15) is 0 Å². The van der Waals surface area contributed by atoms with E-state index in [1.807, 2.05) is 18.2 Å². The monoisotopic (exact) mass is 600 g/mol. The highest BCUT2D eigenvalue weighted by molar-refractivity contribution is 5.93. The molecule has 0 radical (unpaired) electrons. The van der Waals surface area contributed by atoms with Crippen LogP contribution in [0.1, 0.15) is 103 Å². The van der Waals surface area contributed by atoms with E-state index in [-0.39, 0.29) is 85.3 Å². The van der Waals surface area contributed by atoms with Crippen molar-refractivity contribution < 1.29 is 31.8 Å². The molecule has 5 fully saturated rings. The van der Waals surface area contributed by atoms with Crippen molar-refractivity contribution in [3.63, 3.8) is 0 Å². The number of nitrogens with one attached hydrogen (secondary N) is 3. The summed E-state index contributed by atoms with van der Waals surface area (Å²) in [6.07, 6.45) is 2.91. The number of rotatable bonds is 10. The number of amides is 2. The van der Waals surface area contributed by atoms with Crippen LogP contribution in [0.4, 0.5) is 17.6 Å². The zero-order chi connectivity index (χ0) is 29.7. The first-order chi connectivity index (χ1) is 20.5. The minimum absolute atomic E-state index is 0.0862. The number of hydrogen-bond acceptors (Lipinski definition) is 6. The van der Waals surface area contributed by atoms with Crippen LogP contribution < -0.4 is 10.6 Å². The largest absolute Gasteiger partial charge is 0.349 e. The highest BCUT2D eigenvalue weighted by Gasteiger charge is 2.65. The number of carbonyl (C=O) groups is 2. The first-order valence-electron chi connectivity index (χ1n) is 15.2. The first kappa shape index (κ1) is 27.1. The van der Waals surface area contributed by atoms with Gasteiger partial charge < -0.3 is 15.6 Å². The summed E-state index contributed by atoms with van der Waals surface area (Å²) >= 11 is 0. The molecule has 2 aromatic heterocycles. The number of hydrogen-bond donors (Lipinski definition) is 3. The summed E-state index contributed by atoms with van der Waals surface area (Å²) in [5.74, 6) is -6.08. The normalized spacial score (nSPS) is 28.6. The highest BCUT2D eigenvalue weighted by atomic mass is 19.3. The molecule has 5 aliphatic rings. The third-order valence-corrected chi connectivity index (χ3v) is 10.1. The molecule has 0 saturated heterocycles. The zero-order valence-corrected chi connectivity index (χ0v) is 23.3. The molecular weight excluding hydrogens is 568 g/mol. The molecule has 9 nitrogen and oxygen atoms in total. The van der Waals surface area contributed by atoms with Gasteiger partial charge in [0.15, 0.2) is 5.69 Å². The Balaban J connectivity index is 1.04. The third-order valence-electron chi connectivity index (χ3n) is 10.1. The molecule has 0 spiro atoms. The van der Waals surface area contributed by atoms with Gasteiger partial charge in [0.25, 0.3) is 5.91 Å². The smallest absolute Gasteiger partial charge is 0.276 e. The molecule has 2 heterocycles. The van der Waals surface area contributed by atoms with E-state index in [0.717, 1.165) is 31.2 Å². The SMILES string of the molecule is O=C(CC1CC(F)(F)C1)N[C@@H](c1ccc2nc([C@@H](NC(=O)c3nonc3C3CC3)C3[C@H]4CC(F)(F)C[C@@H]34)[nH]c2c1)C1CC1. The Hall–Kier alpha value is -3.51. The number of aromatic amines is 1. The van der Waals surface area contributed by atoms with E-state index in [9.17, 15) is 27.2 Å². The number of benzene rings is 1. The van der Waals surface area contributed by atoms with Crippen molar-refractivity contribution in [3.8, 4) is 0 Å². The van der Waals surface area contributed by atoms with Crippen molar-refractivity contribution in [3.05, 3.63) is 41.0 Å². The van der Waals surface area contributed by atoms with Gasteiger partial charge in [-0.3, -0.25) is 9.59 Å². The van der Waals surface area contributed by atoms with Crippen molar-refractivity contribution >= 4 is 22.8 Å². The van der Waals surface area contributed by atoms with Crippen LogP contribution in [-0.2, 0) is 4.79 Å². The lowest BCUT2D eigenvalue weighted by Crippen LogP contribution is -2.39. The van der Waals surface area contributed by atoms with E-state index in [0.29, 0.717) is 22.6 Å². The fourth-order valence-corrected chi connectivity index (χ4v) is 7.57. The van der Waals surface area contributed by atoms with Crippen molar-refractivity contribution in [1.29, 1.82) is 0 Å². The van der Waals surface area contributed by atoms with Gasteiger partial charge in [-0.05, 0) is 78.1 Å². The van der Waals surface area contributed by atoms with Crippen molar-refractivity contribution in [2.24, 2.45) is 29.6 Å². The molecule has 1 unspecified atom stereocenters. The second kappa shape index (κ2) is 9.49. The molecular formula is C30H32F4N6O3. The fraction of sp³-hybridized carbons (Fsp3) is 0.633. The van der Waals surface area contributed by atoms with Crippen molar-refractivity contribution in [1.82, 2.24) is 30.9 Å². The standard InChI is InChI=1S/C30H32F4N6O3/c31-29(32)9-13(10-29)7-21(41)37-23(14-1-2-14)16-5-6-19-20(8-16)36-27(35-19)25(22-17-11-30(33,34)12-18(17)22)38-28(42)26-24(15-3-4-15)39-43-40-26/h5-6,8,13-15,17-18,22-23,25H,1-4,7,9-12H2,(H,35,36)(H,37,41)(H,38,42)/t17-,18+,22?,23-,25+/m1/s1. The summed E-state index contributed by atoms with van der Waals surface area (Å²) in [4.78, 5) is 34.2. The second-order valence-electron chi connectivity index (χ2n) is 13.5. The zero-order valence-electron chi connectivity index (χ0n) is 23.3. The van der Waals surface area contributed by atoms with Crippen molar-refractivity contribution in [2.45, 2.75) is 87.6 Å². The molecule has 13 heteroatoms. The Morgan fingerprint density at radius 3 is 2.35 bits per heavy atom. The van der Waals surface area contributed by atoms with E-state index in [1.165, 1.54) is 0 Å². The molecule has 5 atom stereocenters. The summed E-state index contributed by atoms with van der Waals surface area (Å²) < 4.78 is 59.5. The minimum atomic E-state index is -2.69. The highest BCUT2D eigenvalue weighted by Crippen LogP contribution is 2.66. The average molecular weight is 601 g/mol. The Morgan fingerprint density at radius 1 is 0.953 bits per heavy atom. The van der Waals surface area contributed by atoms with Crippen LogP contribution in [0.2, 0.25) is 0 Å². The molecule has 8 rings (SSSR count). The van der Waals surface area contributed by atoms with Crippen LogP contribution in [0, 0.1) is 29.6 Å². The Bertz CT molecular complexity index is 1580. The van der Waals surface area contributed by atoms with Crippen LogP contribution in [0.5, 0.6) is 0 Å². The molecule has 1 aromatic carbocycles. The molecule has 228 valence electrons. The lowest BCUT2D eigenvalue weighted by molar-refractivity contribution is -0.134. The van der Waals surface area contributed by atoms with Crippen LogP contribution in [0.25, 0.3) is 11.0 Å². The quantitative estimate of drug-likeness (QED) is 0.261. The number of carbonyl (C=O) groups excluding carboxylic acids is 2. The summed E-state index contributed by atoms with van der Waals surface area (Å²) in [6, 6.07) is 4.78. The lowest BCUT2D eigenvalue weighted by atomic mass is 9.79. The number of aromatic nitrogens is 4. The first-order valence-corrected chi connectivity index (χ1v) is 15.2. The van der Waals surface area contributed by atoms with E-state index in [1.54, 1.807) is 0 Å². The molecule has 3 aromatic rings. The summed E-state index contributed by atoms with van der Waals surface area (Å²) in [6.45, 7) is 0. The number of alkyl halides is 4. The van der Waals surface area contributed by atoms with E-state index < -0.39 is 23.8 Å². The van der Waals surface area contributed by atoms with Crippen LogP contribution in [0.3, 0.4) is 0 Å². The Labute approximate surface area is 243 Å². The Morgan fingerprint density at radius 2 is 1.67 bits per heavy atom. The maximum absolute atomic E-state index is 14.1. The molecule has 43 heavy (non-hydrogen) atoms. The van der Waals surface area contributed by atoms with Gasteiger partial charge in [0.1, 0.15) is 11.5 Å². The molecule has 5 aliphatic carbocycles. The van der Waals surface area contributed by atoms with Crippen LogP contribution >= 0.6 is 0 Å². The van der Waals surface area contributed by atoms with Crippen molar-refractivity contribution in [2.75, 3.05) is 0 Å². The summed E-state index contributed by atoms with van der Waals surface area (Å²) in [5.41, 5.74) is 2.86. The number of halogens is 4. The van der Waals surface area contributed by atoms with E-state index in [4.69, 9.17) is 9.61 Å². The maximum Gasteiger partial charge on any atom is 0.276 e. The molecule has 0 aliphatic heterocycles. The third kappa shape index (κ3) is 5.18. The number of H-pyrrole nitrogens is 1. The lowest BCUT2D eigenvalue weighted by Gasteiger charge is -2.34. The minimum Gasteiger partial charge on any atom is -0.349 e. The predicted octanol–water partition coefficient (Wildman–Crippen LogP) is 5.59. The number of nitrogens with zero attached hydrogens (tertiary/aromatic N) is 3. The fourth-order valence-electron chi connectivity index (χ4n) is 7.57. The predicted molar refractivity (Wildman–Crippen MR) is 143 cm³/mol. The van der Waals surface area contributed by atoms with Gasteiger partial charge in [0, 0.05) is 38.0 Å². The second-order valence-corrected chi connectivity index (χ2v) is 13.5. The number of imidazole rings is 1. The molecule has 2 amide bonds. The van der Waals surface area contributed by atoms with Crippen LogP contribution in [0.15, 0.2) is 22.8 Å². The van der Waals surface area contributed by atoms with E-state index in [2.05, 4.69) is 25.9 Å². The summed E-state index contributed by atoms with van der Waals surface area (Å²) in [7, 11) is 0. The van der Waals surface area contributed by atoms with Gasteiger partial charge in [-0.1, -0.05) is 11.2 Å². The number of fused-ring (bicyclic) bond motifs is 2. The van der Waals surface area contributed by atoms with E-state index >= 15 is 0 Å². The van der Waals surface area contributed by atoms with Gasteiger partial charge in [0.05, 0.1) is 23.1 Å². The van der Waals surface area contributed by atoms with Gasteiger partial charge in [-0.15, -0.1) is 0 Å². The van der Waals surface area contributed by atoms with Gasteiger partial charge >= 0.3 is 0 Å². The maximum atomic E-state index is 14.1. The Kier molecular flexibility index (Phi) is 5.98. The molecule has 0 bridgehead atoms. The summed E-state index contributed by atoms with van der Waals surface area (Å²) in [5, 5.41) is 13.8.